The van der Waals surface area contributed by atoms with Gasteiger partial charge in [0.25, 0.3) is 0 Å². The Kier molecular flexibility index (Phi) is 5.37. The Morgan fingerprint density at radius 2 is 2.03 bits per heavy atom. The molecule has 2 aromatic rings. The highest BCUT2D eigenvalue weighted by atomic mass is 16.6. The van der Waals surface area contributed by atoms with E-state index in [9.17, 15) is 20.5 Å². The Balaban J connectivity index is 1.90. The molecule has 5 N–H and O–H groups in total. The number of nitrogens with zero attached hydrogens (tertiary/aromatic N) is 2. The van der Waals surface area contributed by atoms with Gasteiger partial charge >= 0.3 is 5.69 Å². The number of fused-ring (bicyclic) bond motifs is 1. The van der Waals surface area contributed by atoms with Crippen molar-refractivity contribution in [2.45, 2.75) is 25.1 Å². The zero-order chi connectivity index (χ0) is 22.1. The number of allylic oxidation sites excluding steroid dienone is 1. The maximum Gasteiger partial charge on any atom is 0.314 e. The zero-order valence-corrected chi connectivity index (χ0v) is 16.6. The Hall–Kier alpha value is -3.81. The monoisotopic (exact) mass is 423 g/mol. The number of phenolic OH excluding ortho intramolecular Hbond substituents is 1. The predicted octanol–water partition coefficient (Wildman–Crippen LogP) is 2.30. The number of hydrogen-bond donors (Lipinski definition) is 4. The molecule has 1 saturated heterocycles. The van der Waals surface area contributed by atoms with Crippen molar-refractivity contribution in [2.24, 2.45) is 11.7 Å². The van der Waals surface area contributed by atoms with Crippen LogP contribution in [0.4, 0.5) is 5.69 Å². The second kappa shape index (κ2) is 8.14. The molecule has 0 aromatic heterocycles. The van der Waals surface area contributed by atoms with Crippen LogP contribution in [-0.4, -0.2) is 22.9 Å². The second-order valence-electron chi connectivity index (χ2n) is 7.24. The molecule has 2 heterocycles. The second-order valence-corrected chi connectivity index (χ2v) is 7.24. The number of nitro groups is 1. The third-order valence-electron chi connectivity index (χ3n) is 5.54. The lowest BCUT2D eigenvalue weighted by atomic mass is 9.74. The third kappa shape index (κ3) is 3.50. The summed E-state index contributed by atoms with van der Waals surface area (Å²) in [5.41, 5.74) is 13.3. The van der Waals surface area contributed by atoms with Crippen LogP contribution >= 0.6 is 0 Å². The Morgan fingerprint density at radius 3 is 2.68 bits per heavy atom. The van der Waals surface area contributed by atoms with Crippen molar-refractivity contribution in [1.82, 2.24) is 10.9 Å². The minimum atomic E-state index is -0.683. The maximum atomic E-state index is 11.6. The standard InChI is InChI=1S/C21H21N5O5/c1-2-30-15-9-12(8-14(19(15)27)26(28)29)16-13(10-22)20(23)31-21-17(16)18(24-25-21)11-6-4-3-5-7-11/h3-9,16-18,21,24-25,27H,2,23H2,1H3. The van der Waals surface area contributed by atoms with Gasteiger partial charge in [0.2, 0.25) is 11.6 Å². The van der Waals surface area contributed by atoms with Crippen LogP contribution in [0.2, 0.25) is 0 Å². The van der Waals surface area contributed by atoms with E-state index in [1.165, 1.54) is 12.1 Å². The van der Waals surface area contributed by atoms with E-state index >= 15 is 0 Å². The van der Waals surface area contributed by atoms with Gasteiger partial charge in [-0.2, -0.15) is 5.26 Å². The van der Waals surface area contributed by atoms with Gasteiger partial charge < -0.3 is 20.3 Å². The van der Waals surface area contributed by atoms with Crippen LogP contribution < -0.4 is 21.3 Å². The molecule has 0 bridgehead atoms. The van der Waals surface area contributed by atoms with Crippen LogP contribution in [0.25, 0.3) is 0 Å². The summed E-state index contributed by atoms with van der Waals surface area (Å²) in [4.78, 5) is 10.9. The van der Waals surface area contributed by atoms with E-state index in [1.807, 2.05) is 30.3 Å². The summed E-state index contributed by atoms with van der Waals surface area (Å²) in [5, 5.41) is 31.7. The molecule has 1 fully saturated rings. The normalized spacial score (nSPS) is 24.8. The molecule has 4 atom stereocenters. The molecule has 0 aliphatic carbocycles. The SMILES string of the molecule is CCOc1cc(C2C(C#N)=C(N)OC3NNC(c4ccccc4)C32)cc([N+](=O)[O-])c1O. The molecule has 2 aromatic carbocycles. The molecule has 31 heavy (non-hydrogen) atoms. The fourth-order valence-electron chi connectivity index (χ4n) is 4.24. The van der Waals surface area contributed by atoms with Gasteiger partial charge in [-0.15, -0.1) is 0 Å². The number of nitrogens with one attached hydrogen (secondary N) is 2. The van der Waals surface area contributed by atoms with E-state index in [4.69, 9.17) is 15.2 Å². The van der Waals surface area contributed by atoms with Crippen LogP contribution in [0.3, 0.4) is 0 Å². The van der Waals surface area contributed by atoms with Crippen molar-refractivity contribution >= 4 is 5.69 Å². The number of nitro benzene ring substituents is 1. The van der Waals surface area contributed by atoms with Crippen LogP contribution in [0.1, 0.15) is 30.0 Å². The molecule has 10 nitrogen and oxygen atoms in total. The van der Waals surface area contributed by atoms with Crippen molar-refractivity contribution in [2.75, 3.05) is 6.61 Å². The number of phenols is 1. The van der Waals surface area contributed by atoms with Gasteiger partial charge in [0.05, 0.1) is 23.1 Å². The zero-order valence-electron chi connectivity index (χ0n) is 16.6. The summed E-state index contributed by atoms with van der Waals surface area (Å²) in [5.74, 6) is -1.64. The summed E-state index contributed by atoms with van der Waals surface area (Å²) in [6, 6.07) is 14.2. The first kappa shape index (κ1) is 20.5. The van der Waals surface area contributed by atoms with Crippen LogP contribution in [0.15, 0.2) is 53.9 Å². The smallest absolute Gasteiger partial charge is 0.314 e. The molecule has 2 aliphatic heterocycles. The van der Waals surface area contributed by atoms with Gasteiger partial charge in [-0.25, -0.2) is 10.9 Å². The molecule has 160 valence electrons. The van der Waals surface area contributed by atoms with Crippen molar-refractivity contribution in [3.8, 4) is 17.6 Å². The number of aromatic hydroxyl groups is 1. The average Bonchev–Trinajstić information content (AvgIpc) is 3.18. The van der Waals surface area contributed by atoms with Gasteiger partial charge in [0, 0.05) is 17.9 Å². The molecular formula is C21H21N5O5. The fraction of sp³-hybridized carbons (Fsp3) is 0.286. The predicted molar refractivity (Wildman–Crippen MR) is 109 cm³/mol. The van der Waals surface area contributed by atoms with Gasteiger partial charge in [-0.1, -0.05) is 30.3 Å². The molecule has 4 unspecified atom stereocenters. The topological polar surface area (TPSA) is 156 Å². The van der Waals surface area contributed by atoms with Crippen LogP contribution in [0.5, 0.6) is 11.5 Å². The van der Waals surface area contributed by atoms with E-state index in [1.54, 1.807) is 6.92 Å². The lowest BCUT2D eigenvalue weighted by molar-refractivity contribution is -0.386. The lowest BCUT2D eigenvalue weighted by Gasteiger charge is -2.36. The fourth-order valence-corrected chi connectivity index (χ4v) is 4.24. The molecular weight excluding hydrogens is 402 g/mol. The number of nitriles is 1. The third-order valence-corrected chi connectivity index (χ3v) is 5.54. The maximum absolute atomic E-state index is 11.6. The van der Waals surface area contributed by atoms with Gasteiger partial charge in [-0.05, 0) is 24.1 Å². The Bertz CT molecular complexity index is 1080. The lowest BCUT2D eigenvalue weighted by Crippen LogP contribution is -2.41. The number of ether oxygens (including phenoxy) is 2. The van der Waals surface area contributed by atoms with E-state index in [2.05, 4.69) is 16.9 Å². The van der Waals surface area contributed by atoms with Crippen molar-refractivity contribution < 1.29 is 19.5 Å². The summed E-state index contributed by atoms with van der Waals surface area (Å²) < 4.78 is 11.2. The Morgan fingerprint density at radius 1 is 1.29 bits per heavy atom. The van der Waals surface area contributed by atoms with Crippen molar-refractivity contribution in [3.05, 3.63) is 75.2 Å². The first-order valence-corrected chi connectivity index (χ1v) is 9.72. The summed E-state index contributed by atoms with van der Waals surface area (Å²) in [7, 11) is 0. The molecule has 0 radical (unpaired) electrons. The number of rotatable bonds is 5. The van der Waals surface area contributed by atoms with Gasteiger partial charge in [0.1, 0.15) is 6.07 Å². The quantitative estimate of drug-likeness (QED) is 0.418. The molecule has 2 aliphatic rings. The highest BCUT2D eigenvalue weighted by Gasteiger charge is 2.49. The Labute approximate surface area is 178 Å². The molecule has 4 rings (SSSR count). The molecule has 0 saturated carbocycles. The summed E-state index contributed by atoms with van der Waals surface area (Å²) in [6.07, 6.45) is -0.573. The van der Waals surface area contributed by atoms with E-state index < -0.39 is 28.5 Å². The molecule has 0 spiro atoms. The van der Waals surface area contributed by atoms with Gasteiger partial charge in [0.15, 0.2) is 12.0 Å². The number of hydrogen-bond acceptors (Lipinski definition) is 9. The van der Waals surface area contributed by atoms with E-state index in [0.29, 0.717) is 5.56 Å². The summed E-state index contributed by atoms with van der Waals surface area (Å²) >= 11 is 0. The van der Waals surface area contributed by atoms with E-state index in [0.717, 1.165) is 5.56 Å². The number of benzene rings is 2. The first-order chi connectivity index (χ1) is 15.0. The average molecular weight is 423 g/mol. The highest BCUT2D eigenvalue weighted by Crippen LogP contribution is 2.50. The number of nitrogens with two attached hydrogens (primary N) is 1. The van der Waals surface area contributed by atoms with Crippen molar-refractivity contribution in [1.29, 1.82) is 5.26 Å². The minimum Gasteiger partial charge on any atom is -0.500 e. The largest absolute Gasteiger partial charge is 0.500 e. The first-order valence-electron chi connectivity index (χ1n) is 9.72. The number of hydrazine groups is 1. The van der Waals surface area contributed by atoms with E-state index in [-0.39, 0.29) is 35.8 Å². The van der Waals surface area contributed by atoms with Gasteiger partial charge in [-0.3, -0.25) is 10.1 Å². The molecule has 10 heteroatoms. The van der Waals surface area contributed by atoms with Crippen molar-refractivity contribution in [3.63, 3.8) is 0 Å². The van der Waals surface area contributed by atoms with Crippen LogP contribution in [-0.2, 0) is 4.74 Å². The highest BCUT2D eigenvalue weighted by molar-refractivity contribution is 5.59. The van der Waals surface area contributed by atoms with Crippen LogP contribution in [0, 0.1) is 27.4 Å². The minimum absolute atomic E-state index is 0.0271. The molecule has 0 amide bonds. The summed E-state index contributed by atoms with van der Waals surface area (Å²) in [6.45, 7) is 1.91.